The van der Waals surface area contributed by atoms with Crippen LogP contribution in [0, 0.1) is 5.92 Å². The van der Waals surface area contributed by atoms with Crippen LogP contribution in [0.3, 0.4) is 0 Å². The van der Waals surface area contributed by atoms with E-state index < -0.39 is 0 Å². The van der Waals surface area contributed by atoms with E-state index in [4.69, 9.17) is 10.7 Å². The number of likely N-dealkylation sites (tertiary alicyclic amines) is 2. The Bertz CT molecular complexity index is 348. The molecular formula is C16H31N5. The van der Waals surface area contributed by atoms with Crippen LogP contribution in [-0.4, -0.2) is 67.1 Å². The molecule has 0 spiro atoms. The minimum atomic E-state index is 0.440. The third kappa shape index (κ3) is 3.89. The molecule has 21 heavy (non-hydrogen) atoms. The first-order valence-electron chi connectivity index (χ1n) is 8.75. The highest BCUT2D eigenvalue weighted by atomic mass is 15.3. The number of aliphatic imine (C=N–C) groups is 1. The van der Waals surface area contributed by atoms with Crippen molar-refractivity contribution in [3.63, 3.8) is 0 Å². The smallest absolute Gasteiger partial charge is 0.191 e. The molecular weight excluding hydrogens is 262 g/mol. The third-order valence-corrected chi connectivity index (χ3v) is 5.47. The lowest BCUT2D eigenvalue weighted by Crippen LogP contribution is -2.46. The molecule has 0 aromatic carbocycles. The Morgan fingerprint density at radius 3 is 2.38 bits per heavy atom. The molecule has 0 saturated carbocycles. The number of hydrogen-bond donors (Lipinski definition) is 2. The van der Waals surface area contributed by atoms with E-state index in [1.54, 1.807) is 0 Å². The predicted octanol–water partition coefficient (Wildman–Crippen LogP) is 0.859. The molecule has 1 atom stereocenters. The van der Waals surface area contributed by atoms with Crippen LogP contribution in [-0.2, 0) is 0 Å². The first-order valence-corrected chi connectivity index (χ1v) is 8.75. The molecule has 0 aromatic rings. The maximum Gasteiger partial charge on any atom is 0.191 e. The average Bonchev–Trinajstić information content (AvgIpc) is 3.03. The van der Waals surface area contributed by atoms with Crippen molar-refractivity contribution in [3.05, 3.63) is 0 Å². The number of rotatable bonds is 2. The van der Waals surface area contributed by atoms with E-state index in [9.17, 15) is 0 Å². The maximum atomic E-state index is 6.23. The Kier molecular flexibility index (Phi) is 5.01. The molecule has 3 rings (SSSR count). The lowest BCUT2D eigenvalue weighted by molar-refractivity contribution is 0.162. The summed E-state index contributed by atoms with van der Waals surface area (Å²) in [7, 11) is 0. The molecule has 3 fully saturated rings. The monoisotopic (exact) mass is 293 g/mol. The predicted molar refractivity (Wildman–Crippen MR) is 87.5 cm³/mol. The molecule has 0 bridgehead atoms. The molecule has 0 amide bonds. The third-order valence-electron chi connectivity index (χ3n) is 5.47. The lowest BCUT2D eigenvalue weighted by atomic mass is 9.99. The largest absolute Gasteiger partial charge is 0.370 e. The van der Waals surface area contributed by atoms with Crippen LogP contribution in [0.15, 0.2) is 4.99 Å². The normalized spacial score (nSPS) is 31.0. The number of nitrogens with one attached hydrogen (secondary N) is 1. The Morgan fingerprint density at radius 2 is 1.76 bits per heavy atom. The summed E-state index contributed by atoms with van der Waals surface area (Å²) in [5, 5.41) is 3.46. The summed E-state index contributed by atoms with van der Waals surface area (Å²) in [6.07, 6.45) is 6.15. The Morgan fingerprint density at radius 1 is 1.05 bits per heavy atom. The van der Waals surface area contributed by atoms with Crippen LogP contribution in [0.25, 0.3) is 0 Å². The number of hydrogen-bond acceptors (Lipinski definition) is 3. The van der Waals surface area contributed by atoms with Gasteiger partial charge in [0, 0.05) is 38.8 Å². The zero-order valence-corrected chi connectivity index (χ0v) is 13.4. The second kappa shape index (κ2) is 6.97. The van der Waals surface area contributed by atoms with Crippen LogP contribution in [0.4, 0.5) is 0 Å². The minimum Gasteiger partial charge on any atom is -0.370 e. The van der Waals surface area contributed by atoms with Gasteiger partial charge in [0.25, 0.3) is 0 Å². The van der Waals surface area contributed by atoms with E-state index in [0.717, 1.165) is 31.0 Å². The first-order chi connectivity index (χ1) is 10.2. The minimum absolute atomic E-state index is 0.440. The topological polar surface area (TPSA) is 56.9 Å². The van der Waals surface area contributed by atoms with Crippen molar-refractivity contribution in [2.45, 2.75) is 51.1 Å². The first kappa shape index (κ1) is 15.1. The van der Waals surface area contributed by atoms with Gasteiger partial charge in [-0.1, -0.05) is 6.92 Å². The summed E-state index contributed by atoms with van der Waals surface area (Å²) in [6, 6.07) is 1.20. The second-order valence-corrected chi connectivity index (χ2v) is 7.07. The molecule has 0 aromatic heterocycles. The van der Waals surface area contributed by atoms with Gasteiger partial charge in [0.2, 0.25) is 0 Å². The fourth-order valence-corrected chi connectivity index (χ4v) is 3.84. The summed E-state index contributed by atoms with van der Waals surface area (Å²) < 4.78 is 0. The van der Waals surface area contributed by atoms with Crippen molar-refractivity contribution >= 4 is 5.96 Å². The van der Waals surface area contributed by atoms with Gasteiger partial charge in [0.15, 0.2) is 5.96 Å². The van der Waals surface area contributed by atoms with Crippen molar-refractivity contribution in [1.29, 1.82) is 0 Å². The Labute approximate surface area is 129 Å². The zero-order chi connectivity index (χ0) is 14.7. The lowest BCUT2D eigenvalue weighted by Gasteiger charge is -2.35. The number of nitrogens with zero attached hydrogens (tertiary/aromatic N) is 3. The molecule has 0 aliphatic carbocycles. The molecule has 0 radical (unpaired) electrons. The molecule has 120 valence electrons. The SMILES string of the molecule is CC1CCN(C(N)=NC2CCN(C3CCNC3)CC2)CC1. The quantitative estimate of drug-likeness (QED) is 0.586. The van der Waals surface area contributed by atoms with Gasteiger partial charge in [0.1, 0.15) is 0 Å². The molecule has 3 aliphatic rings. The zero-order valence-electron chi connectivity index (χ0n) is 13.4. The van der Waals surface area contributed by atoms with Crippen LogP contribution in [0.2, 0.25) is 0 Å². The summed E-state index contributed by atoms with van der Waals surface area (Å²) in [5.41, 5.74) is 6.23. The number of nitrogens with two attached hydrogens (primary N) is 1. The Balaban J connectivity index is 1.46. The van der Waals surface area contributed by atoms with Gasteiger partial charge in [-0.3, -0.25) is 4.90 Å². The van der Waals surface area contributed by atoms with Crippen molar-refractivity contribution < 1.29 is 0 Å². The summed E-state index contributed by atoms with van der Waals surface area (Å²) in [6.45, 7) is 9.23. The van der Waals surface area contributed by atoms with Crippen LogP contribution in [0.1, 0.15) is 39.0 Å². The highest BCUT2D eigenvalue weighted by Crippen LogP contribution is 2.20. The van der Waals surface area contributed by atoms with Gasteiger partial charge < -0.3 is 16.0 Å². The van der Waals surface area contributed by atoms with Crippen LogP contribution >= 0.6 is 0 Å². The van der Waals surface area contributed by atoms with E-state index >= 15 is 0 Å². The van der Waals surface area contributed by atoms with Crippen LogP contribution < -0.4 is 11.1 Å². The van der Waals surface area contributed by atoms with E-state index in [0.29, 0.717) is 6.04 Å². The fraction of sp³-hybridized carbons (Fsp3) is 0.938. The van der Waals surface area contributed by atoms with E-state index in [-0.39, 0.29) is 0 Å². The highest BCUT2D eigenvalue weighted by Gasteiger charge is 2.27. The summed E-state index contributed by atoms with van der Waals surface area (Å²) in [5.74, 6) is 1.64. The van der Waals surface area contributed by atoms with Crippen molar-refractivity contribution in [2.75, 3.05) is 39.3 Å². The van der Waals surface area contributed by atoms with Crippen molar-refractivity contribution in [1.82, 2.24) is 15.1 Å². The fourth-order valence-electron chi connectivity index (χ4n) is 3.84. The molecule has 3 aliphatic heterocycles. The summed E-state index contributed by atoms with van der Waals surface area (Å²) in [4.78, 5) is 9.75. The van der Waals surface area contributed by atoms with Crippen molar-refractivity contribution in [2.24, 2.45) is 16.6 Å². The second-order valence-electron chi connectivity index (χ2n) is 7.07. The highest BCUT2D eigenvalue weighted by molar-refractivity contribution is 5.78. The van der Waals surface area contributed by atoms with Gasteiger partial charge in [0.05, 0.1) is 6.04 Å². The van der Waals surface area contributed by atoms with Gasteiger partial charge >= 0.3 is 0 Å². The molecule has 3 heterocycles. The molecule has 5 nitrogen and oxygen atoms in total. The average molecular weight is 293 g/mol. The molecule has 3 saturated heterocycles. The molecule has 5 heteroatoms. The number of guanidine groups is 1. The van der Waals surface area contributed by atoms with Gasteiger partial charge in [-0.2, -0.15) is 0 Å². The number of piperidine rings is 2. The van der Waals surface area contributed by atoms with Gasteiger partial charge in [-0.25, -0.2) is 4.99 Å². The standard InChI is InChI=1S/C16H31N5/c1-13-3-8-21(9-4-13)16(17)19-14-5-10-20(11-6-14)15-2-7-18-12-15/h13-15,18H,2-12H2,1H3,(H2,17,19). The van der Waals surface area contributed by atoms with Crippen LogP contribution in [0.5, 0.6) is 0 Å². The molecule has 3 N–H and O–H groups in total. The van der Waals surface area contributed by atoms with E-state index in [1.165, 1.54) is 58.3 Å². The summed E-state index contributed by atoms with van der Waals surface area (Å²) >= 11 is 0. The maximum absolute atomic E-state index is 6.23. The Hall–Kier alpha value is -0.810. The van der Waals surface area contributed by atoms with E-state index in [1.807, 2.05) is 0 Å². The van der Waals surface area contributed by atoms with Crippen molar-refractivity contribution in [3.8, 4) is 0 Å². The molecule has 1 unspecified atom stereocenters. The van der Waals surface area contributed by atoms with E-state index in [2.05, 4.69) is 22.0 Å². The van der Waals surface area contributed by atoms with Gasteiger partial charge in [-0.15, -0.1) is 0 Å². The van der Waals surface area contributed by atoms with Gasteiger partial charge in [-0.05, 0) is 44.6 Å².